The number of amidine groups is 1. The molecule has 0 spiro atoms. The number of hydrogen-bond donors (Lipinski definition) is 1. The van der Waals surface area contributed by atoms with E-state index in [4.69, 9.17) is 4.74 Å². The highest BCUT2D eigenvalue weighted by atomic mass is 32.2. The molecule has 0 aliphatic heterocycles. The maximum Gasteiger partial charge on any atom is 0.321 e. The summed E-state index contributed by atoms with van der Waals surface area (Å²) in [6.07, 6.45) is 1.70. The van der Waals surface area contributed by atoms with Crippen LogP contribution in [0.3, 0.4) is 0 Å². The smallest absolute Gasteiger partial charge is 0.321 e. The number of rotatable bonds is 5. The van der Waals surface area contributed by atoms with Crippen LogP contribution in [0.4, 0.5) is 5.95 Å². The summed E-state index contributed by atoms with van der Waals surface area (Å²) in [7, 11) is -2.56. The van der Waals surface area contributed by atoms with E-state index in [9.17, 15) is 8.42 Å². The SMILES string of the molecule is COc1nc(C)nc(NC(=NS(=O)(=O)c2ccccc2-c2ccccc2)SC)n1. The van der Waals surface area contributed by atoms with Gasteiger partial charge in [0.2, 0.25) is 5.95 Å². The van der Waals surface area contributed by atoms with Crippen molar-refractivity contribution < 1.29 is 13.2 Å². The molecule has 1 aromatic heterocycles. The van der Waals surface area contributed by atoms with E-state index in [1.54, 1.807) is 31.4 Å². The molecule has 2 aromatic carbocycles. The molecule has 0 aliphatic carbocycles. The van der Waals surface area contributed by atoms with Crippen LogP contribution in [0.2, 0.25) is 0 Å². The number of nitrogens with one attached hydrogen (secondary N) is 1. The van der Waals surface area contributed by atoms with Gasteiger partial charge in [-0.25, -0.2) is 0 Å². The van der Waals surface area contributed by atoms with Crippen LogP contribution in [0.5, 0.6) is 6.01 Å². The molecule has 150 valence electrons. The van der Waals surface area contributed by atoms with E-state index in [0.29, 0.717) is 11.4 Å². The molecule has 3 aromatic rings. The van der Waals surface area contributed by atoms with Gasteiger partial charge in [0, 0.05) is 5.56 Å². The Morgan fingerprint density at radius 2 is 1.72 bits per heavy atom. The summed E-state index contributed by atoms with van der Waals surface area (Å²) in [5.74, 6) is 0.575. The van der Waals surface area contributed by atoms with E-state index in [0.717, 1.165) is 17.3 Å². The van der Waals surface area contributed by atoms with Crippen molar-refractivity contribution in [3.05, 3.63) is 60.4 Å². The molecule has 0 unspecified atom stereocenters. The Bertz CT molecular complexity index is 1140. The molecule has 0 radical (unpaired) electrons. The third-order valence-corrected chi connectivity index (χ3v) is 5.80. The highest BCUT2D eigenvalue weighted by molar-refractivity contribution is 8.14. The second kappa shape index (κ2) is 9.01. The molecule has 1 N–H and O–H groups in total. The van der Waals surface area contributed by atoms with Crippen molar-refractivity contribution in [1.29, 1.82) is 0 Å². The standard InChI is InChI=1S/C19H19N5O3S2/c1-13-20-17(22-18(21-13)27-2)23-19(28-3)24-29(25,26)16-12-8-7-11-15(16)14-9-5-4-6-10-14/h4-12H,1-3H3,(H,20,21,22,23,24). The van der Waals surface area contributed by atoms with Crippen LogP contribution in [-0.4, -0.2) is 41.9 Å². The van der Waals surface area contributed by atoms with Crippen LogP contribution >= 0.6 is 11.8 Å². The zero-order chi connectivity index (χ0) is 20.9. The lowest BCUT2D eigenvalue weighted by Crippen LogP contribution is -2.14. The van der Waals surface area contributed by atoms with Gasteiger partial charge in [0.05, 0.1) is 12.0 Å². The van der Waals surface area contributed by atoms with Crippen LogP contribution < -0.4 is 10.1 Å². The van der Waals surface area contributed by atoms with E-state index in [2.05, 4.69) is 24.7 Å². The number of benzene rings is 2. The predicted molar refractivity (Wildman–Crippen MR) is 115 cm³/mol. The van der Waals surface area contributed by atoms with Crippen molar-refractivity contribution in [3.63, 3.8) is 0 Å². The normalized spacial score (nSPS) is 11.9. The Labute approximate surface area is 173 Å². The summed E-state index contributed by atoms with van der Waals surface area (Å²) >= 11 is 1.13. The molecule has 3 rings (SSSR count). The van der Waals surface area contributed by atoms with Crippen LogP contribution in [0.1, 0.15) is 5.82 Å². The fourth-order valence-electron chi connectivity index (χ4n) is 2.52. The monoisotopic (exact) mass is 429 g/mol. The fraction of sp³-hybridized carbons (Fsp3) is 0.158. The average Bonchev–Trinajstić information content (AvgIpc) is 2.73. The van der Waals surface area contributed by atoms with Gasteiger partial charge in [0.15, 0.2) is 5.17 Å². The molecule has 0 bridgehead atoms. The largest absolute Gasteiger partial charge is 0.467 e. The molecular weight excluding hydrogens is 410 g/mol. The van der Waals surface area contributed by atoms with Gasteiger partial charge in [-0.15, -0.1) is 4.40 Å². The van der Waals surface area contributed by atoms with E-state index in [1.165, 1.54) is 13.2 Å². The summed E-state index contributed by atoms with van der Waals surface area (Å²) in [5, 5.41) is 2.95. The Balaban J connectivity index is 1.99. The fourth-order valence-corrected chi connectivity index (χ4v) is 4.38. The molecule has 0 atom stereocenters. The quantitative estimate of drug-likeness (QED) is 0.486. The predicted octanol–water partition coefficient (Wildman–Crippen LogP) is 3.38. The first-order chi connectivity index (χ1) is 13.9. The van der Waals surface area contributed by atoms with E-state index in [-0.39, 0.29) is 22.0 Å². The zero-order valence-corrected chi connectivity index (χ0v) is 17.7. The third-order valence-electron chi connectivity index (χ3n) is 3.77. The van der Waals surface area contributed by atoms with Crippen LogP contribution in [0, 0.1) is 6.92 Å². The summed E-state index contributed by atoms with van der Waals surface area (Å²) < 4.78 is 35.1. The average molecular weight is 430 g/mol. The maximum atomic E-state index is 13.1. The molecule has 0 fully saturated rings. The summed E-state index contributed by atoms with van der Waals surface area (Å²) in [6, 6.07) is 16.2. The van der Waals surface area contributed by atoms with Crippen molar-refractivity contribution in [1.82, 2.24) is 15.0 Å². The number of thioether (sulfide) groups is 1. The highest BCUT2D eigenvalue weighted by Gasteiger charge is 2.20. The lowest BCUT2D eigenvalue weighted by Gasteiger charge is -2.10. The number of ether oxygens (including phenoxy) is 1. The topological polar surface area (TPSA) is 106 Å². The Morgan fingerprint density at radius 1 is 1.03 bits per heavy atom. The third kappa shape index (κ3) is 5.09. The van der Waals surface area contributed by atoms with E-state index in [1.807, 2.05) is 30.3 Å². The van der Waals surface area contributed by atoms with E-state index >= 15 is 0 Å². The molecule has 8 nitrogen and oxygen atoms in total. The minimum Gasteiger partial charge on any atom is -0.467 e. The van der Waals surface area contributed by atoms with E-state index < -0.39 is 10.0 Å². The van der Waals surface area contributed by atoms with Gasteiger partial charge in [-0.1, -0.05) is 60.3 Å². The van der Waals surface area contributed by atoms with Gasteiger partial charge in [0.25, 0.3) is 10.0 Å². The Kier molecular flexibility index (Phi) is 6.45. The highest BCUT2D eigenvalue weighted by Crippen LogP contribution is 2.28. The molecule has 0 saturated heterocycles. The summed E-state index contributed by atoms with van der Waals surface area (Å²) in [6.45, 7) is 1.68. The van der Waals surface area contributed by atoms with Gasteiger partial charge in [0.1, 0.15) is 5.82 Å². The van der Waals surface area contributed by atoms with Crippen LogP contribution in [-0.2, 0) is 10.0 Å². The molecule has 0 aliphatic rings. The molecule has 0 amide bonds. The van der Waals surface area contributed by atoms with Crippen molar-refractivity contribution in [2.24, 2.45) is 4.40 Å². The molecule has 0 saturated carbocycles. The number of aromatic nitrogens is 3. The van der Waals surface area contributed by atoms with Gasteiger partial charge in [-0.3, -0.25) is 0 Å². The second-order valence-electron chi connectivity index (χ2n) is 5.76. The van der Waals surface area contributed by atoms with Crippen molar-refractivity contribution in [2.75, 3.05) is 18.7 Å². The van der Waals surface area contributed by atoms with Gasteiger partial charge >= 0.3 is 6.01 Å². The minimum absolute atomic E-state index is 0.115. The lowest BCUT2D eigenvalue weighted by molar-refractivity contribution is 0.377. The summed E-state index contributed by atoms with van der Waals surface area (Å²) in [4.78, 5) is 12.3. The van der Waals surface area contributed by atoms with Gasteiger partial charge in [-0.2, -0.15) is 23.4 Å². The Morgan fingerprint density at radius 3 is 2.41 bits per heavy atom. The zero-order valence-electron chi connectivity index (χ0n) is 16.0. The number of aryl methyl sites for hydroxylation is 1. The number of sulfonamides is 1. The summed E-state index contributed by atoms with van der Waals surface area (Å²) in [5.41, 5.74) is 1.37. The van der Waals surface area contributed by atoms with Crippen molar-refractivity contribution >= 4 is 32.9 Å². The number of nitrogens with zero attached hydrogens (tertiary/aromatic N) is 4. The first-order valence-corrected chi connectivity index (χ1v) is 11.2. The van der Waals surface area contributed by atoms with Crippen LogP contribution in [0.25, 0.3) is 11.1 Å². The molecule has 29 heavy (non-hydrogen) atoms. The molecule has 10 heteroatoms. The lowest BCUT2D eigenvalue weighted by atomic mass is 10.1. The number of hydrogen-bond acceptors (Lipinski definition) is 7. The number of methoxy groups -OCH3 is 1. The van der Waals surface area contributed by atoms with Gasteiger partial charge in [-0.05, 0) is 24.8 Å². The Hall–Kier alpha value is -2.98. The number of anilines is 1. The molecular formula is C19H19N5O3S2. The van der Waals surface area contributed by atoms with Gasteiger partial charge < -0.3 is 10.1 Å². The molecule has 1 heterocycles. The minimum atomic E-state index is -3.99. The first kappa shape index (κ1) is 20.7. The van der Waals surface area contributed by atoms with Crippen LogP contribution in [0.15, 0.2) is 63.9 Å². The maximum absolute atomic E-state index is 13.1. The van der Waals surface area contributed by atoms with Crippen molar-refractivity contribution in [3.8, 4) is 17.1 Å². The second-order valence-corrected chi connectivity index (χ2v) is 8.12. The van der Waals surface area contributed by atoms with Crippen molar-refractivity contribution in [2.45, 2.75) is 11.8 Å². The first-order valence-electron chi connectivity index (χ1n) is 8.50.